The van der Waals surface area contributed by atoms with Crippen LogP contribution < -0.4 is 10.6 Å². The van der Waals surface area contributed by atoms with Crippen LogP contribution in [0.3, 0.4) is 0 Å². The number of thioether (sulfide) groups is 1. The molecule has 96 valence electrons. The lowest BCUT2D eigenvalue weighted by Crippen LogP contribution is -2.30. The number of anilines is 2. The number of hydrogen-bond donors (Lipinski definition) is 2. The van der Waals surface area contributed by atoms with E-state index in [2.05, 4.69) is 48.3 Å². The van der Waals surface area contributed by atoms with Gasteiger partial charge in [0.25, 0.3) is 0 Å². The molecule has 0 aliphatic carbocycles. The van der Waals surface area contributed by atoms with Gasteiger partial charge in [0, 0.05) is 18.2 Å². The normalized spacial score (nSPS) is 11.4. The van der Waals surface area contributed by atoms with E-state index in [-0.39, 0.29) is 5.54 Å². The Bertz CT molecular complexity index is 366. The van der Waals surface area contributed by atoms with E-state index >= 15 is 0 Å². The third kappa shape index (κ3) is 4.42. The zero-order valence-electron chi connectivity index (χ0n) is 11.3. The first-order valence-corrected chi connectivity index (χ1v) is 7.18. The zero-order chi connectivity index (χ0) is 12.9. The van der Waals surface area contributed by atoms with Crippen LogP contribution in [0.25, 0.3) is 0 Å². The molecule has 2 N–H and O–H groups in total. The second kappa shape index (κ2) is 6.10. The Kier molecular flexibility index (Phi) is 5.05. The number of nitrogens with zero attached hydrogens (tertiary/aromatic N) is 2. The van der Waals surface area contributed by atoms with Gasteiger partial charge in [-0.05, 0) is 33.4 Å². The van der Waals surface area contributed by atoms with E-state index in [0.717, 1.165) is 29.8 Å². The molecule has 0 atom stereocenters. The Labute approximate surface area is 108 Å². The van der Waals surface area contributed by atoms with Crippen LogP contribution in [0.1, 0.15) is 34.1 Å². The van der Waals surface area contributed by atoms with Crippen LogP contribution in [-0.4, -0.2) is 28.3 Å². The molecule has 0 saturated heterocycles. The summed E-state index contributed by atoms with van der Waals surface area (Å²) in [6, 6.07) is 1.96. The smallest absolute Gasteiger partial charge is 0.191 e. The van der Waals surface area contributed by atoms with Crippen molar-refractivity contribution in [2.45, 2.75) is 44.8 Å². The third-order valence-corrected chi connectivity index (χ3v) is 3.14. The molecular weight excluding hydrogens is 232 g/mol. The molecule has 1 aromatic rings. The van der Waals surface area contributed by atoms with Gasteiger partial charge in [-0.25, -0.2) is 9.97 Å². The highest BCUT2D eigenvalue weighted by molar-refractivity contribution is 7.98. The van der Waals surface area contributed by atoms with Crippen molar-refractivity contribution in [2.75, 3.05) is 23.4 Å². The highest BCUT2D eigenvalue weighted by Crippen LogP contribution is 2.21. The van der Waals surface area contributed by atoms with Gasteiger partial charge in [-0.2, -0.15) is 0 Å². The molecule has 0 saturated carbocycles. The molecule has 0 aliphatic heterocycles. The van der Waals surface area contributed by atoms with Crippen LogP contribution in [0, 0.1) is 0 Å². The van der Waals surface area contributed by atoms with Crippen molar-refractivity contribution in [1.82, 2.24) is 9.97 Å². The van der Waals surface area contributed by atoms with Gasteiger partial charge < -0.3 is 10.6 Å². The Morgan fingerprint density at radius 1 is 1.24 bits per heavy atom. The van der Waals surface area contributed by atoms with Crippen molar-refractivity contribution in [3.05, 3.63) is 6.07 Å². The average molecular weight is 254 g/mol. The van der Waals surface area contributed by atoms with Crippen LogP contribution in [0.5, 0.6) is 0 Å². The van der Waals surface area contributed by atoms with E-state index in [1.165, 1.54) is 0 Å². The first kappa shape index (κ1) is 14.1. The minimum atomic E-state index is 0.0491. The Morgan fingerprint density at radius 2 is 1.88 bits per heavy atom. The molecule has 4 nitrogen and oxygen atoms in total. The van der Waals surface area contributed by atoms with E-state index in [9.17, 15) is 0 Å². The summed E-state index contributed by atoms with van der Waals surface area (Å²) in [5.74, 6) is 1.76. The van der Waals surface area contributed by atoms with E-state index in [4.69, 9.17) is 0 Å². The quantitative estimate of drug-likeness (QED) is 0.603. The van der Waals surface area contributed by atoms with Crippen molar-refractivity contribution in [3.63, 3.8) is 0 Å². The van der Waals surface area contributed by atoms with E-state index < -0.39 is 0 Å². The fourth-order valence-electron chi connectivity index (χ4n) is 1.29. The summed E-state index contributed by atoms with van der Waals surface area (Å²) in [7, 11) is 0. The maximum atomic E-state index is 4.47. The molecule has 0 aromatic carbocycles. The molecule has 1 heterocycles. The Balaban J connectivity index is 2.94. The molecule has 5 heteroatoms. The van der Waals surface area contributed by atoms with Crippen LogP contribution in [0.2, 0.25) is 0 Å². The van der Waals surface area contributed by atoms with Gasteiger partial charge >= 0.3 is 0 Å². The van der Waals surface area contributed by atoms with Gasteiger partial charge in [-0.1, -0.05) is 18.7 Å². The van der Waals surface area contributed by atoms with Crippen molar-refractivity contribution in [3.8, 4) is 0 Å². The minimum absolute atomic E-state index is 0.0491. The number of hydrogen-bond acceptors (Lipinski definition) is 5. The summed E-state index contributed by atoms with van der Waals surface area (Å²) in [5.41, 5.74) is 0.0491. The maximum absolute atomic E-state index is 4.47. The van der Waals surface area contributed by atoms with E-state index in [1.54, 1.807) is 11.8 Å². The second-order valence-corrected chi connectivity index (χ2v) is 5.29. The molecule has 1 aromatic heterocycles. The minimum Gasteiger partial charge on any atom is -0.370 e. The Morgan fingerprint density at radius 3 is 2.41 bits per heavy atom. The first-order chi connectivity index (χ1) is 8.00. The standard InChI is InChI=1S/C12H22N4S/c1-6-12(3,4)16-10-8-9(13-7-2)14-11(15-10)17-5/h8H,6-7H2,1-5H3,(H2,13,14,15,16). The molecule has 17 heavy (non-hydrogen) atoms. The molecule has 0 bridgehead atoms. The summed E-state index contributed by atoms with van der Waals surface area (Å²) < 4.78 is 0. The largest absolute Gasteiger partial charge is 0.370 e. The molecule has 0 aliphatic rings. The lowest BCUT2D eigenvalue weighted by molar-refractivity contribution is 0.544. The molecule has 0 radical (unpaired) electrons. The summed E-state index contributed by atoms with van der Waals surface area (Å²) >= 11 is 1.55. The van der Waals surface area contributed by atoms with Crippen LogP contribution >= 0.6 is 11.8 Å². The maximum Gasteiger partial charge on any atom is 0.191 e. The van der Waals surface area contributed by atoms with Crippen molar-refractivity contribution in [2.24, 2.45) is 0 Å². The molecular formula is C12H22N4S. The highest BCUT2D eigenvalue weighted by atomic mass is 32.2. The summed E-state index contributed by atoms with van der Waals surface area (Å²) in [5, 5.41) is 7.45. The van der Waals surface area contributed by atoms with Gasteiger partial charge in [-0.15, -0.1) is 0 Å². The van der Waals surface area contributed by atoms with E-state index in [0.29, 0.717) is 0 Å². The lowest BCUT2D eigenvalue weighted by atomic mass is 10.0. The first-order valence-electron chi connectivity index (χ1n) is 5.96. The predicted octanol–water partition coefficient (Wildman–Crippen LogP) is 3.23. The zero-order valence-corrected chi connectivity index (χ0v) is 12.1. The number of rotatable bonds is 6. The van der Waals surface area contributed by atoms with Gasteiger partial charge in [0.1, 0.15) is 11.6 Å². The molecule has 0 unspecified atom stereocenters. The summed E-state index contributed by atoms with van der Waals surface area (Å²) in [6.45, 7) is 9.42. The fourth-order valence-corrected chi connectivity index (χ4v) is 1.67. The van der Waals surface area contributed by atoms with E-state index in [1.807, 2.05) is 12.3 Å². The van der Waals surface area contributed by atoms with Crippen LogP contribution in [-0.2, 0) is 0 Å². The van der Waals surface area contributed by atoms with Gasteiger partial charge in [0.05, 0.1) is 0 Å². The highest BCUT2D eigenvalue weighted by Gasteiger charge is 2.16. The molecule has 0 fully saturated rings. The molecule has 1 rings (SSSR count). The lowest BCUT2D eigenvalue weighted by Gasteiger charge is -2.25. The second-order valence-electron chi connectivity index (χ2n) is 4.52. The number of aromatic nitrogens is 2. The van der Waals surface area contributed by atoms with Gasteiger partial charge in [0.2, 0.25) is 0 Å². The van der Waals surface area contributed by atoms with Gasteiger partial charge in [-0.3, -0.25) is 0 Å². The topological polar surface area (TPSA) is 49.8 Å². The molecule has 0 amide bonds. The molecule has 0 spiro atoms. The number of nitrogens with one attached hydrogen (secondary N) is 2. The van der Waals surface area contributed by atoms with Crippen molar-refractivity contribution < 1.29 is 0 Å². The predicted molar refractivity (Wildman–Crippen MR) is 76.0 cm³/mol. The summed E-state index contributed by atoms with van der Waals surface area (Å²) in [6.07, 6.45) is 3.03. The Hall–Kier alpha value is -0.970. The van der Waals surface area contributed by atoms with Crippen molar-refractivity contribution in [1.29, 1.82) is 0 Å². The monoisotopic (exact) mass is 254 g/mol. The van der Waals surface area contributed by atoms with Gasteiger partial charge in [0.15, 0.2) is 5.16 Å². The SMILES string of the molecule is CCNc1cc(NC(C)(C)CC)nc(SC)n1. The third-order valence-electron chi connectivity index (χ3n) is 2.60. The van der Waals surface area contributed by atoms with Crippen LogP contribution in [0.15, 0.2) is 11.2 Å². The van der Waals surface area contributed by atoms with Crippen molar-refractivity contribution >= 4 is 23.4 Å². The average Bonchev–Trinajstić information content (AvgIpc) is 2.28. The summed E-state index contributed by atoms with van der Waals surface area (Å²) in [4.78, 5) is 8.87. The van der Waals surface area contributed by atoms with Crippen LogP contribution in [0.4, 0.5) is 11.6 Å². The fraction of sp³-hybridized carbons (Fsp3) is 0.667.